The highest BCUT2D eigenvalue weighted by Gasteiger charge is 2.08. The Hall–Kier alpha value is -1.37. The molecule has 1 aromatic rings. The maximum atomic E-state index is 4.28. The molecular formula is C15H23N. The highest BCUT2D eigenvalue weighted by molar-refractivity contribution is 5.99. The zero-order valence-corrected chi connectivity index (χ0v) is 11.1. The fraction of sp³-hybridized carbons (Fsp3) is 0.400. The molecule has 1 nitrogen and oxygen atoms in total. The maximum absolute atomic E-state index is 4.28. The summed E-state index contributed by atoms with van der Waals surface area (Å²) in [5.74, 6) is 0.373. The van der Waals surface area contributed by atoms with E-state index in [0.29, 0.717) is 5.92 Å². The van der Waals surface area contributed by atoms with Crippen molar-refractivity contribution in [1.82, 2.24) is 0 Å². The van der Waals surface area contributed by atoms with Gasteiger partial charge in [-0.3, -0.25) is 4.99 Å². The third kappa shape index (κ3) is 4.43. The molecular weight excluding hydrogens is 194 g/mol. The lowest BCUT2D eigenvalue weighted by Gasteiger charge is -2.11. The molecule has 1 unspecified atom stereocenters. The summed E-state index contributed by atoms with van der Waals surface area (Å²) in [7, 11) is 1.84. The first-order valence-corrected chi connectivity index (χ1v) is 5.94. The van der Waals surface area contributed by atoms with Crippen molar-refractivity contribution in [2.24, 2.45) is 4.99 Å². The Balaban J connectivity index is 0.00000106. The number of hydrogen-bond acceptors (Lipinski definition) is 1. The lowest BCUT2D eigenvalue weighted by Crippen LogP contribution is -2.06. The summed E-state index contributed by atoms with van der Waals surface area (Å²) in [4.78, 5) is 4.28. The third-order valence-corrected chi connectivity index (χ3v) is 2.34. The van der Waals surface area contributed by atoms with Gasteiger partial charge in [-0.05, 0) is 18.6 Å². The molecule has 88 valence electrons. The van der Waals surface area contributed by atoms with E-state index in [9.17, 15) is 0 Å². The number of rotatable bonds is 3. The van der Waals surface area contributed by atoms with Crippen LogP contribution in [0.15, 0.2) is 47.5 Å². The first-order chi connectivity index (χ1) is 7.79. The number of aliphatic imine (C=N–C) groups is 1. The summed E-state index contributed by atoms with van der Waals surface area (Å²) < 4.78 is 0. The van der Waals surface area contributed by atoms with Crippen LogP contribution in [-0.2, 0) is 0 Å². The van der Waals surface area contributed by atoms with Crippen molar-refractivity contribution in [3.63, 3.8) is 0 Å². The molecule has 0 aliphatic carbocycles. The van der Waals surface area contributed by atoms with Crippen LogP contribution in [-0.4, -0.2) is 12.8 Å². The molecule has 0 amide bonds. The minimum atomic E-state index is 0.373. The van der Waals surface area contributed by atoms with E-state index in [1.165, 1.54) is 5.56 Å². The van der Waals surface area contributed by atoms with Gasteiger partial charge in [0.2, 0.25) is 0 Å². The summed E-state index contributed by atoms with van der Waals surface area (Å²) >= 11 is 0. The van der Waals surface area contributed by atoms with Crippen molar-refractivity contribution >= 4 is 5.71 Å². The maximum Gasteiger partial charge on any atom is 0.0413 e. The topological polar surface area (TPSA) is 12.4 Å². The van der Waals surface area contributed by atoms with Gasteiger partial charge in [0.05, 0.1) is 0 Å². The average molecular weight is 217 g/mol. The summed E-state index contributed by atoms with van der Waals surface area (Å²) in [6, 6.07) is 10.4. The van der Waals surface area contributed by atoms with Crippen molar-refractivity contribution < 1.29 is 0 Å². The van der Waals surface area contributed by atoms with Crippen LogP contribution in [0.1, 0.15) is 39.2 Å². The van der Waals surface area contributed by atoms with Crippen molar-refractivity contribution in [2.45, 2.75) is 33.6 Å². The molecule has 1 aromatic carbocycles. The lowest BCUT2D eigenvalue weighted by molar-refractivity contribution is 1.02. The van der Waals surface area contributed by atoms with E-state index in [4.69, 9.17) is 0 Å². The third-order valence-electron chi connectivity index (χ3n) is 2.34. The number of nitrogens with zero attached hydrogens (tertiary/aromatic N) is 1. The predicted molar refractivity (Wildman–Crippen MR) is 74.4 cm³/mol. The van der Waals surface area contributed by atoms with Crippen LogP contribution in [0.2, 0.25) is 0 Å². The average Bonchev–Trinajstić information content (AvgIpc) is 2.38. The molecule has 0 N–H and O–H groups in total. The first kappa shape index (κ1) is 14.6. The van der Waals surface area contributed by atoms with Gasteiger partial charge in [0.15, 0.2) is 0 Å². The molecule has 0 aliphatic heterocycles. The zero-order chi connectivity index (χ0) is 12.4. The van der Waals surface area contributed by atoms with Gasteiger partial charge in [-0.2, -0.15) is 0 Å². The van der Waals surface area contributed by atoms with E-state index in [2.05, 4.69) is 42.3 Å². The Morgan fingerprint density at radius 1 is 1.19 bits per heavy atom. The van der Waals surface area contributed by atoms with Gasteiger partial charge in [0.1, 0.15) is 0 Å². The summed E-state index contributed by atoms with van der Waals surface area (Å²) in [5, 5.41) is 0. The second-order valence-corrected chi connectivity index (χ2v) is 3.28. The molecule has 1 rings (SSSR count). The van der Waals surface area contributed by atoms with Crippen LogP contribution in [0.25, 0.3) is 0 Å². The minimum absolute atomic E-state index is 0.373. The predicted octanol–water partition coefficient (Wildman–Crippen LogP) is 4.46. The Bertz CT molecular complexity index is 323. The molecule has 0 aromatic heterocycles. The Labute approximate surface area is 99.9 Å². The van der Waals surface area contributed by atoms with Crippen LogP contribution < -0.4 is 0 Å². The lowest BCUT2D eigenvalue weighted by atomic mass is 9.96. The fourth-order valence-corrected chi connectivity index (χ4v) is 1.50. The molecule has 0 spiro atoms. The summed E-state index contributed by atoms with van der Waals surface area (Å²) in [6.45, 7) is 8.20. The van der Waals surface area contributed by atoms with Gasteiger partial charge in [0.25, 0.3) is 0 Å². The quantitative estimate of drug-likeness (QED) is 0.663. The Morgan fingerprint density at radius 3 is 2.19 bits per heavy atom. The van der Waals surface area contributed by atoms with Gasteiger partial charge in [-0.1, -0.05) is 57.2 Å². The van der Waals surface area contributed by atoms with Crippen LogP contribution in [0.5, 0.6) is 0 Å². The van der Waals surface area contributed by atoms with E-state index in [-0.39, 0.29) is 0 Å². The molecule has 0 fully saturated rings. The molecule has 0 aliphatic rings. The molecule has 0 bridgehead atoms. The molecule has 0 radical (unpaired) electrons. The van der Waals surface area contributed by atoms with Crippen molar-refractivity contribution in [3.05, 3.63) is 48.0 Å². The zero-order valence-electron chi connectivity index (χ0n) is 11.1. The number of benzene rings is 1. The highest BCUT2D eigenvalue weighted by Crippen LogP contribution is 2.17. The van der Waals surface area contributed by atoms with Gasteiger partial charge >= 0.3 is 0 Å². The standard InChI is InChI=1S/C13H17N.C2H6/c1-4-8-13(14-3)11(2)12-9-6-5-7-10-12;1-2/h4-11H,1-3H3;1-2H3/b8-4-,14-13?;. The first-order valence-electron chi connectivity index (χ1n) is 5.94. The van der Waals surface area contributed by atoms with E-state index in [0.717, 1.165) is 5.71 Å². The number of hydrogen-bond donors (Lipinski definition) is 0. The van der Waals surface area contributed by atoms with Gasteiger partial charge in [-0.25, -0.2) is 0 Å². The largest absolute Gasteiger partial charge is 0.292 e. The van der Waals surface area contributed by atoms with Gasteiger partial charge < -0.3 is 0 Å². The van der Waals surface area contributed by atoms with Crippen molar-refractivity contribution in [2.75, 3.05) is 7.05 Å². The molecule has 0 saturated carbocycles. The summed E-state index contributed by atoms with van der Waals surface area (Å²) in [6.07, 6.45) is 4.10. The van der Waals surface area contributed by atoms with Crippen LogP contribution in [0, 0.1) is 0 Å². The van der Waals surface area contributed by atoms with E-state index >= 15 is 0 Å². The highest BCUT2D eigenvalue weighted by atomic mass is 14.7. The molecule has 1 heteroatoms. The van der Waals surface area contributed by atoms with Gasteiger partial charge in [0, 0.05) is 18.7 Å². The van der Waals surface area contributed by atoms with Crippen LogP contribution >= 0.6 is 0 Å². The second-order valence-electron chi connectivity index (χ2n) is 3.28. The number of allylic oxidation sites excluding steroid dienone is 2. The Morgan fingerprint density at radius 2 is 1.75 bits per heavy atom. The van der Waals surface area contributed by atoms with Crippen LogP contribution in [0.4, 0.5) is 0 Å². The molecule has 16 heavy (non-hydrogen) atoms. The Kier molecular flexibility index (Phi) is 8.14. The van der Waals surface area contributed by atoms with E-state index in [1.807, 2.05) is 40.0 Å². The van der Waals surface area contributed by atoms with Crippen molar-refractivity contribution in [1.29, 1.82) is 0 Å². The van der Waals surface area contributed by atoms with Gasteiger partial charge in [-0.15, -0.1) is 0 Å². The van der Waals surface area contributed by atoms with Crippen molar-refractivity contribution in [3.8, 4) is 0 Å². The molecule has 0 heterocycles. The summed E-state index contributed by atoms with van der Waals surface area (Å²) in [5.41, 5.74) is 2.44. The molecule has 1 atom stereocenters. The fourth-order valence-electron chi connectivity index (χ4n) is 1.50. The second kappa shape index (κ2) is 8.90. The van der Waals surface area contributed by atoms with Crippen LogP contribution in [0.3, 0.4) is 0 Å². The molecule has 0 saturated heterocycles. The SMILES string of the molecule is C/C=C\C(=NC)C(C)c1ccccc1.CC. The van der Waals surface area contributed by atoms with E-state index < -0.39 is 0 Å². The van der Waals surface area contributed by atoms with E-state index in [1.54, 1.807) is 0 Å². The monoisotopic (exact) mass is 217 g/mol. The minimum Gasteiger partial charge on any atom is -0.292 e. The smallest absolute Gasteiger partial charge is 0.0413 e. The normalized spacial score (nSPS) is 13.2.